The van der Waals surface area contributed by atoms with Crippen molar-refractivity contribution >= 4 is 21.6 Å². The van der Waals surface area contributed by atoms with Crippen LogP contribution in [0.3, 0.4) is 0 Å². The van der Waals surface area contributed by atoms with Crippen molar-refractivity contribution in [2.45, 2.75) is 38.1 Å². The molecule has 24 heavy (non-hydrogen) atoms. The molecule has 0 bridgehead atoms. The molecular formula is C16H24N4O3S. The summed E-state index contributed by atoms with van der Waals surface area (Å²) >= 11 is 0. The zero-order valence-corrected chi connectivity index (χ0v) is 14.8. The van der Waals surface area contributed by atoms with E-state index < -0.39 is 9.84 Å². The van der Waals surface area contributed by atoms with Crippen molar-refractivity contribution in [3.8, 4) is 0 Å². The fraction of sp³-hybridized carbons (Fsp3) is 0.688. The van der Waals surface area contributed by atoms with Crippen molar-refractivity contribution in [3.05, 3.63) is 17.8 Å². The third-order valence-electron chi connectivity index (χ3n) is 4.88. The van der Waals surface area contributed by atoms with Crippen LogP contribution in [0.1, 0.15) is 42.6 Å². The van der Waals surface area contributed by atoms with Gasteiger partial charge in [0.05, 0.1) is 11.5 Å². The molecule has 3 heterocycles. The summed E-state index contributed by atoms with van der Waals surface area (Å²) in [7, 11) is -1.11. The maximum absolute atomic E-state index is 12.5. The topological polar surface area (TPSA) is 83.5 Å². The Labute approximate surface area is 143 Å². The van der Waals surface area contributed by atoms with E-state index in [-0.39, 0.29) is 23.5 Å². The minimum atomic E-state index is -2.94. The van der Waals surface area contributed by atoms with Crippen molar-refractivity contribution in [2.75, 3.05) is 36.5 Å². The van der Waals surface area contributed by atoms with Gasteiger partial charge in [0.1, 0.15) is 0 Å². The van der Waals surface area contributed by atoms with Gasteiger partial charge in [-0.1, -0.05) is 12.8 Å². The maximum atomic E-state index is 12.5. The molecule has 8 heteroatoms. The number of carbonyl (C=O) groups is 1. The SMILES string of the molecule is CN(c1ccc(C(=O)N2CCCCCC2)nn1)C1CCS(=O)(=O)C1. The minimum absolute atomic E-state index is 0.0675. The first kappa shape index (κ1) is 17.1. The normalized spacial score (nSPS) is 23.7. The van der Waals surface area contributed by atoms with Crippen molar-refractivity contribution in [1.82, 2.24) is 15.1 Å². The Hall–Kier alpha value is -1.70. The summed E-state index contributed by atoms with van der Waals surface area (Å²) in [6.07, 6.45) is 5.02. The monoisotopic (exact) mass is 352 g/mol. The Balaban J connectivity index is 1.67. The third kappa shape index (κ3) is 3.85. The molecule has 0 saturated carbocycles. The first-order chi connectivity index (χ1) is 11.5. The second-order valence-corrected chi connectivity index (χ2v) is 8.88. The summed E-state index contributed by atoms with van der Waals surface area (Å²) in [6.45, 7) is 1.56. The van der Waals surface area contributed by atoms with Gasteiger partial charge in [-0.3, -0.25) is 4.79 Å². The highest BCUT2D eigenvalue weighted by Crippen LogP contribution is 2.21. The van der Waals surface area contributed by atoms with Crippen LogP contribution in [0.5, 0.6) is 0 Å². The number of hydrogen-bond donors (Lipinski definition) is 0. The summed E-state index contributed by atoms with van der Waals surface area (Å²) in [6, 6.07) is 3.37. The van der Waals surface area contributed by atoms with Crippen molar-refractivity contribution in [2.24, 2.45) is 0 Å². The predicted octanol–water partition coefficient (Wildman–Crippen LogP) is 1.12. The van der Waals surface area contributed by atoms with Crippen LogP contribution < -0.4 is 4.90 Å². The smallest absolute Gasteiger partial charge is 0.274 e. The zero-order chi connectivity index (χ0) is 17.2. The molecule has 1 atom stereocenters. The average Bonchev–Trinajstić information content (AvgIpc) is 2.79. The molecule has 1 aromatic heterocycles. The van der Waals surface area contributed by atoms with Crippen molar-refractivity contribution < 1.29 is 13.2 Å². The molecule has 1 aromatic rings. The van der Waals surface area contributed by atoms with Gasteiger partial charge in [0.15, 0.2) is 21.3 Å². The largest absolute Gasteiger partial charge is 0.354 e. The van der Waals surface area contributed by atoms with Gasteiger partial charge in [-0.2, -0.15) is 0 Å². The molecule has 3 rings (SSSR count). The quantitative estimate of drug-likeness (QED) is 0.810. The van der Waals surface area contributed by atoms with Crippen LogP contribution >= 0.6 is 0 Å². The van der Waals surface area contributed by atoms with Crippen LogP contribution in [0, 0.1) is 0 Å². The lowest BCUT2D eigenvalue weighted by molar-refractivity contribution is 0.0754. The fourth-order valence-electron chi connectivity index (χ4n) is 3.33. The molecule has 132 valence electrons. The molecule has 0 N–H and O–H groups in total. The predicted molar refractivity (Wildman–Crippen MR) is 91.9 cm³/mol. The van der Waals surface area contributed by atoms with Gasteiger partial charge in [-0.25, -0.2) is 8.42 Å². The molecule has 7 nitrogen and oxygen atoms in total. The molecule has 2 fully saturated rings. The molecule has 1 amide bonds. The van der Waals surface area contributed by atoms with E-state index in [1.165, 1.54) is 12.8 Å². The molecular weight excluding hydrogens is 328 g/mol. The van der Waals surface area contributed by atoms with E-state index in [0.29, 0.717) is 17.9 Å². The molecule has 0 radical (unpaired) electrons. The zero-order valence-electron chi connectivity index (χ0n) is 14.0. The van der Waals surface area contributed by atoms with E-state index >= 15 is 0 Å². The Morgan fingerprint density at radius 2 is 1.88 bits per heavy atom. The number of anilines is 1. The molecule has 2 aliphatic rings. The van der Waals surface area contributed by atoms with Gasteiger partial charge >= 0.3 is 0 Å². The molecule has 2 saturated heterocycles. The number of sulfone groups is 1. The van der Waals surface area contributed by atoms with E-state index in [1.54, 1.807) is 12.1 Å². The van der Waals surface area contributed by atoms with Crippen molar-refractivity contribution in [1.29, 1.82) is 0 Å². The Bertz CT molecular complexity index is 682. The van der Waals surface area contributed by atoms with Gasteiger partial charge in [0.2, 0.25) is 0 Å². The summed E-state index contributed by atoms with van der Waals surface area (Å²) < 4.78 is 23.2. The summed E-state index contributed by atoms with van der Waals surface area (Å²) in [5.74, 6) is 0.909. The van der Waals surface area contributed by atoms with Gasteiger partial charge < -0.3 is 9.80 Å². The lowest BCUT2D eigenvalue weighted by Crippen LogP contribution is -2.34. The van der Waals surface area contributed by atoms with Crippen LogP contribution in [0.25, 0.3) is 0 Å². The van der Waals surface area contributed by atoms with E-state index in [1.807, 2.05) is 16.8 Å². The molecule has 1 unspecified atom stereocenters. The first-order valence-corrected chi connectivity index (χ1v) is 10.3. The first-order valence-electron chi connectivity index (χ1n) is 8.52. The number of aromatic nitrogens is 2. The van der Waals surface area contributed by atoms with Crippen molar-refractivity contribution in [3.63, 3.8) is 0 Å². The van der Waals surface area contributed by atoms with Crippen LogP contribution in [0.2, 0.25) is 0 Å². The number of likely N-dealkylation sites (tertiary alicyclic amines) is 1. The third-order valence-corrected chi connectivity index (χ3v) is 6.63. The summed E-state index contributed by atoms with van der Waals surface area (Å²) in [5.41, 5.74) is 0.355. The van der Waals surface area contributed by atoms with Crippen LogP contribution in [0.4, 0.5) is 5.82 Å². The second-order valence-electron chi connectivity index (χ2n) is 6.65. The maximum Gasteiger partial charge on any atom is 0.274 e. The molecule has 0 spiro atoms. The highest BCUT2D eigenvalue weighted by molar-refractivity contribution is 7.91. The van der Waals surface area contributed by atoms with Crippen LogP contribution in [-0.2, 0) is 9.84 Å². The van der Waals surface area contributed by atoms with E-state index in [9.17, 15) is 13.2 Å². The summed E-state index contributed by atoms with van der Waals surface area (Å²) in [5, 5.41) is 8.22. The highest BCUT2D eigenvalue weighted by atomic mass is 32.2. The lowest BCUT2D eigenvalue weighted by Gasteiger charge is -2.24. The molecule has 0 aromatic carbocycles. The van der Waals surface area contributed by atoms with Gasteiger partial charge in [0.25, 0.3) is 5.91 Å². The Kier molecular flexibility index (Phi) is 5.03. The number of rotatable bonds is 3. The second kappa shape index (κ2) is 7.04. The van der Waals surface area contributed by atoms with Gasteiger partial charge in [-0.05, 0) is 31.4 Å². The molecule has 0 aliphatic carbocycles. The van der Waals surface area contributed by atoms with Gasteiger partial charge in [0, 0.05) is 26.2 Å². The van der Waals surface area contributed by atoms with E-state index in [2.05, 4.69) is 10.2 Å². The number of hydrogen-bond acceptors (Lipinski definition) is 6. The highest BCUT2D eigenvalue weighted by Gasteiger charge is 2.31. The van der Waals surface area contributed by atoms with Crippen LogP contribution in [-0.4, -0.2) is 67.1 Å². The van der Waals surface area contributed by atoms with E-state index in [4.69, 9.17) is 0 Å². The van der Waals surface area contributed by atoms with Gasteiger partial charge in [-0.15, -0.1) is 10.2 Å². The number of amides is 1. The fourth-order valence-corrected chi connectivity index (χ4v) is 5.11. The van der Waals surface area contributed by atoms with E-state index in [0.717, 1.165) is 25.9 Å². The lowest BCUT2D eigenvalue weighted by atomic mass is 10.2. The Morgan fingerprint density at radius 3 is 2.42 bits per heavy atom. The standard InChI is InChI=1S/C16H24N4O3S/c1-19(13-8-11-24(22,23)12-13)15-7-6-14(17-18-15)16(21)20-9-4-2-3-5-10-20/h6-7,13H,2-5,8-12H2,1H3. The summed E-state index contributed by atoms with van der Waals surface area (Å²) in [4.78, 5) is 16.2. The average molecular weight is 352 g/mol. The number of carbonyl (C=O) groups excluding carboxylic acids is 1. The Morgan fingerprint density at radius 1 is 1.17 bits per heavy atom. The van der Waals surface area contributed by atoms with Crippen LogP contribution in [0.15, 0.2) is 12.1 Å². The number of nitrogens with zero attached hydrogens (tertiary/aromatic N) is 4. The molecule has 2 aliphatic heterocycles. The minimum Gasteiger partial charge on any atom is -0.354 e.